The van der Waals surface area contributed by atoms with Gasteiger partial charge in [0.15, 0.2) is 0 Å². The molecule has 1 aromatic heterocycles. The lowest BCUT2D eigenvalue weighted by molar-refractivity contribution is -0.122. The lowest BCUT2D eigenvalue weighted by Gasteiger charge is -2.06. The van der Waals surface area contributed by atoms with Gasteiger partial charge >= 0.3 is 0 Å². The average molecular weight is 305 g/mol. The molecule has 0 saturated heterocycles. The van der Waals surface area contributed by atoms with E-state index in [2.05, 4.69) is 26.3 Å². The molecule has 0 aliphatic rings. The van der Waals surface area contributed by atoms with Crippen molar-refractivity contribution in [2.45, 2.75) is 13.5 Å². The lowest BCUT2D eigenvalue weighted by Crippen LogP contribution is -2.24. The SMILES string of the molecule is Cc1nn(C)c(CNCCOCC(N)=O)c1Br. The van der Waals surface area contributed by atoms with Crippen molar-refractivity contribution in [3.63, 3.8) is 0 Å². The van der Waals surface area contributed by atoms with Gasteiger partial charge in [0.05, 0.1) is 22.5 Å². The average Bonchev–Trinajstić information content (AvgIpc) is 2.48. The summed E-state index contributed by atoms with van der Waals surface area (Å²) in [4.78, 5) is 10.4. The second-order valence-corrected chi connectivity index (χ2v) is 4.46. The first-order valence-electron chi connectivity index (χ1n) is 5.27. The maximum absolute atomic E-state index is 10.4. The van der Waals surface area contributed by atoms with E-state index in [0.717, 1.165) is 15.9 Å². The van der Waals surface area contributed by atoms with Crippen molar-refractivity contribution in [1.82, 2.24) is 15.1 Å². The molecular weight excluding hydrogens is 288 g/mol. The molecule has 1 heterocycles. The van der Waals surface area contributed by atoms with E-state index in [1.54, 1.807) is 0 Å². The minimum Gasteiger partial charge on any atom is -0.370 e. The van der Waals surface area contributed by atoms with Gasteiger partial charge in [-0.05, 0) is 22.9 Å². The van der Waals surface area contributed by atoms with Crippen molar-refractivity contribution in [2.75, 3.05) is 19.8 Å². The first-order valence-corrected chi connectivity index (χ1v) is 6.06. The van der Waals surface area contributed by atoms with Crippen LogP contribution >= 0.6 is 15.9 Å². The second kappa shape index (κ2) is 6.73. The highest BCUT2D eigenvalue weighted by Gasteiger charge is 2.09. The number of halogens is 1. The Bertz CT molecular complexity index is 392. The number of primary amides is 1. The smallest absolute Gasteiger partial charge is 0.243 e. The van der Waals surface area contributed by atoms with E-state index in [4.69, 9.17) is 10.5 Å². The van der Waals surface area contributed by atoms with Gasteiger partial charge < -0.3 is 15.8 Å². The molecule has 1 aromatic rings. The number of aromatic nitrogens is 2. The molecule has 0 saturated carbocycles. The number of hydrogen-bond donors (Lipinski definition) is 2. The Morgan fingerprint density at radius 2 is 2.35 bits per heavy atom. The molecule has 96 valence electrons. The van der Waals surface area contributed by atoms with E-state index in [-0.39, 0.29) is 6.61 Å². The summed E-state index contributed by atoms with van der Waals surface area (Å²) in [6.07, 6.45) is 0. The van der Waals surface area contributed by atoms with Crippen molar-refractivity contribution >= 4 is 21.8 Å². The van der Waals surface area contributed by atoms with Gasteiger partial charge in [-0.25, -0.2) is 0 Å². The van der Waals surface area contributed by atoms with Crippen molar-refractivity contribution in [1.29, 1.82) is 0 Å². The number of ether oxygens (including phenoxy) is 1. The third-order valence-corrected chi connectivity index (χ3v) is 3.25. The zero-order valence-corrected chi connectivity index (χ0v) is 11.6. The summed E-state index contributed by atoms with van der Waals surface area (Å²) in [6.45, 7) is 3.72. The van der Waals surface area contributed by atoms with Crippen molar-refractivity contribution in [3.05, 3.63) is 15.9 Å². The predicted molar refractivity (Wildman–Crippen MR) is 67.4 cm³/mol. The van der Waals surface area contributed by atoms with Gasteiger partial charge in [-0.1, -0.05) is 0 Å². The van der Waals surface area contributed by atoms with E-state index in [0.29, 0.717) is 19.7 Å². The van der Waals surface area contributed by atoms with E-state index < -0.39 is 5.91 Å². The van der Waals surface area contributed by atoms with Gasteiger partial charge in [-0.3, -0.25) is 9.48 Å². The second-order valence-electron chi connectivity index (χ2n) is 3.67. The third kappa shape index (κ3) is 4.45. The largest absolute Gasteiger partial charge is 0.370 e. The van der Waals surface area contributed by atoms with Gasteiger partial charge in [-0.2, -0.15) is 5.10 Å². The Labute approximate surface area is 109 Å². The van der Waals surface area contributed by atoms with Crippen molar-refractivity contribution in [3.8, 4) is 0 Å². The van der Waals surface area contributed by atoms with E-state index in [9.17, 15) is 4.79 Å². The Morgan fingerprint density at radius 3 is 2.88 bits per heavy atom. The number of rotatable bonds is 7. The third-order valence-electron chi connectivity index (χ3n) is 2.22. The molecular formula is C10H17BrN4O2. The van der Waals surface area contributed by atoms with Crippen LogP contribution < -0.4 is 11.1 Å². The maximum Gasteiger partial charge on any atom is 0.243 e. The summed E-state index contributed by atoms with van der Waals surface area (Å²) in [5.41, 5.74) is 6.99. The maximum atomic E-state index is 10.4. The number of nitrogens with one attached hydrogen (secondary N) is 1. The molecule has 6 nitrogen and oxygen atoms in total. The summed E-state index contributed by atoms with van der Waals surface area (Å²) >= 11 is 3.49. The minimum absolute atomic E-state index is 0.0316. The van der Waals surface area contributed by atoms with Gasteiger partial charge in [0.2, 0.25) is 5.91 Å². The van der Waals surface area contributed by atoms with Crippen LogP contribution in [0.25, 0.3) is 0 Å². The van der Waals surface area contributed by atoms with Crippen LogP contribution in [0, 0.1) is 6.92 Å². The summed E-state index contributed by atoms with van der Waals surface area (Å²) in [5.74, 6) is -0.449. The zero-order valence-electron chi connectivity index (χ0n) is 9.99. The highest BCUT2D eigenvalue weighted by atomic mass is 79.9. The summed E-state index contributed by atoms with van der Waals surface area (Å²) in [6, 6.07) is 0. The molecule has 0 aromatic carbocycles. The standard InChI is InChI=1S/C10H17BrN4O2/c1-7-10(11)8(15(2)14-7)5-13-3-4-17-6-9(12)16/h13H,3-6H2,1-2H3,(H2,12,16). The molecule has 0 radical (unpaired) electrons. The van der Waals surface area contributed by atoms with Gasteiger partial charge in [0, 0.05) is 20.1 Å². The Hall–Kier alpha value is -0.920. The summed E-state index contributed by atoms with van der Waals surface area (Å²) < 4.78 is 7.88. The van der Waals surface area contributed by atoms with Crippen LogP contribution in [0.2, 0.25) is 0 Å². The first kappa shape index (κ1) is 14.1. The van der Waals surface area contributed by atoms with Crippen molar-refractivity contribution in [2.24, 2.45) is 12.8 Å². The van der Waals surface area contributed by atoms with E-state index >= 15 is 0 Å². The summed E-state index contributed by atoms with van der Waals surface area (Å²) in [7, 11) is 1.90. The number of nitrogens with zero attached hydrogens (tertiary/aromatic N) is 2. The number of amides is 1. The number of nitrogens with two attached hydrogens (primary N) is 1. The topological polar surface area (TPSA) is 82.2 Å². The van der Waals surface area contributed by atoms with Crippen LogP contribution in [0.5, 0.6) is 0 Å². The van der Waals surface area contributed by atoms with Crippen LogP contribution in [-0.2, 0) is 23.1 Å². The predicted octanol–water partition coefficient (Wildman–Crippen LogP) is 0.0825. The van der Waals surface area contributed by atoms with Gasteiger partial charge in [0.1, 0.15) is 6.61 Å². The van der Waals surface area contributed by atoms with Crippen LogP contribution in [0.1, 0.15) is 11.4 Å². The number of aryl methyl sites for hydroxylation is 2. The number of hydrogen-bond acceptors (Lipinski definition) is 4. The molecule has 0 atom stereocenters. The molecule has 0 aliphatic heterocycles. The van der Waals surface area contributed by atoms with Crippen LogP contribution in [0.3, 0.4) is 0 Å². The number of carbonyl (C=O) groups is 1. The quantitative estimate of drug-likeness (QED) is 0.699. The first-order chi connectivity index (χ1) is 8.02. The van der Waals surface area contributed by atoms with E-state index in [1.165, 1.54) is 0 Å². The highest BCUT2D eigenvalue weighted by molar-refractivity contribution is 9.10. The molecule has 0 bridgehead atoms. The molecule has 0 unspecified atom stereocenters. The highest BCUT2D eigenvalue weighted by Crippen LogP contribution is 2.19. The molecule has 17 heavy (non-hydrogen) atoms. The van der Waals surface area contributed by atoms with Crippen molar-refractivity contribution < 1.29 is 9.53 Å². The normalized spacial score (nSPS) is 10.8. The molecule has 0 spiro atoms. The molecule has 0 aliphatic carbocycles. The Morgan fingerprint density at radius 1 is 1.65 bits per heavy atom. The van der Waals surface area contributed by atoms with Gasteiger partial charge in [0.25, 0.3) is 0 Å². The van der Waals surface area contributed by atoms with Crippen LogP contribution in [0.15, 0.2) is 4.47 Å². The van der Waals surface area contributed by atoms with Crippen LogP contribution in [0.4, 0.5) is 0 Å². The molecule has 1 amide bonds. The fraction of sp³-hybridized carbons (Fsp3) is 0.600. The van der Waals surface area contributed by atoms with E-state index in [1.807, 2.05) is 18.7 Å². The lowest BCUT2D eigenvalue weighted by atomic mass is 10.3. The Balaban J connectivity index is 2.24. The monoisotopic (exact) mass is 304 g/mol. The Kier molecular flexibility index (Phi) is 5.60. The summed E-state index contributed by atoms with van der Waals surface area (Å²) in [5, 5.41) is 7.49. The zero-order chi connectivity index (χ0) is 12.8. The van der Waals surface area contributed by atoms with Gasteiger partial charge in [-0.15, -0.1) is 0 Å². The number of carbonyl (C=O) groups excluding carboxylic acids is 1. The minimum atomic E-state index is -0.449. The molecule has 7 heteroatoms. The molecule has 3 N–H and O–H groups in total. The molecule has 1 rings (SSSR count). The fourth-order valence-corrected chi connectivity index (χ4v) is 1.87. The van der Waals surface area contributed by atoms with Crippen LogP contribution in [-0.4, -0.2) is 35.4 Å². The fourth-order valence-electron chi connectivity index (χ4n) is 1.40. The molecule has 0 fully saturated rings.